The monoisotopic (exact) mass is 701 g/mol. The topological polar surface area (TPSA) is 134 Å². The van der Waals surface area contributed by atoms with E-state index in [1.165, 1.54) is 23.7 Å². The number of aromatic nitrogens is 3. The third-order valence-electron chi connectivity index (χ3n) is 8.59. The average molecular weight is 702 g/mol. The summed E-state index contributed by atoms with van der Waals surface area (Å²) in [5.74, 6) is -2.56. The lowest BCUT2D eigenvalue weighted by atomic mass is 9.84. The summed E-state index contributed by atoms with van der Waals surface area (Å²) < 4.78 is 113. The highest BCUT2D eigenvalue weighted by Gasteiger charge is 2.50. The smallest absolute Gasteiger partial charge is 0.418 e. The van der Waals surface area contributed by atoms with Gasteiger partial charge in [-0.25, -0.2) is 13.8 Å². The SMILES string of the molecule is Cn1c(Nc2cc(CNC(=O)C3(C#N)CC3)ccc2C(F)(F)F)nc2cc(C(=O)NC3CCC(CC(F)(F)F)CC3)c(OCC(F)F)nc21. The minimum absolute atomic E-state index is 0.00311. The van der Waals surface area contributed by atoms with Crippen LogP contribution in [0.1, 0.15) is 66.4 Å². The Hall–Kier alpha value is -4.69. The van der Waals surface area contributed by atoms with Gasteiger partial charge in [0.1, 0.15) is 16.5 Å². The number of hydrogen-bond acceptors (Lipinski definition) is 7. The largest absolute Gasteiger partial charge is 0.471 e. The molecule has 2 aromatic heterocycles. The summed E-state index contributed by atoms with van der Waals surface area (Å²) in [5.41, 5.74) is -2.68. The van der Waals surface area contributed by atoms with E-state index < -0.39 is 78.1 Å². The number of pyridine rings is 1. The molecule has 0 radical (unpaired) electrons. The van der Waals surface area contributed by atoms with E-state index in [-0.39, 0.29) is 60.5 Å². The van der Waals surface area contributed by atoms with E-state index in [1.807, 2.05) is 6.07 Å². The summed E-state index contributed by atoms with van der Waals surface area (Å²) in [7, 11) is 1.38. The molecule has 2 heterocycles. The predicted molar refractivity (Wildman–Crippen MR) is 158 cm³/mol. The Morgan fingerprint density at radius 1 is 1.08 bits per heavy atom. The second kappa shape index (κ2) is 13.7. The zero-order chi connectivity index (χ0) is 35.7. The van der Waals surface area contributed by atoms with Crippen LogP contribution in [-0.2, 0) is 24.6 Å². The maximum atomic E-state index is 14.0. The number of aryl methyl sites for hydroxylation is 1. The van der Waals surface area contributed by atoms with Crippen molar-refractivity contribution >= 4 is 34.6 Å². The quantitative estimate of drug-likeness (QED) is 0.194. The van der Waals surface area contributed by atoms with Gasteiger partial charge in [0, 0.05) is 26.1 Å². The van der Waals surface area contributed by atoms with Gasteiger partial charge in [-0.2, -0.15) is 36.6 Å². The van der Waals surface area contributed by atoms with Crippen molar-refractivity contribution in [1.82, 2.24) is 25.2 Å². The minimum Gasteiger partial charge on any atom is -0.471 e. The van der Waals surface area contributed by atoms with Gasteiger partial charge in [0.2, 0.25) is 17.7 Å². The van der Waals surface area contributed by atoms with Crippen LogP contribution < -0.4 is 20.7 Å². The number of nitriles is 1. The van der Waals surface area contributed by atoms with Crippen molar-refractivity contribution < 1.29 is 49.4 Å². The van der Waals surface area contributed by atoms with E-state index in [2.05, 4.69) is 25.9 Å². The van der Waals surface area contributed by atoms with Crippen LogP contribution in [0.4, 0.5) is 46.8 Å². The van der Waals surface area contributed by atoms with Gasteiger partial charge in [0.15, 0.2) is 12.3 Å². The number of ether oxygens (including phenoxy) is 1. The fourth-order valence-electron chi connectivity index (χ4n) is 5.76. The van der Waals surface area contributed by atoms with Crippen molar-refractivity contribution in [2.75, 3.05) is 11.9 Å². The molecule has 2 amide bonds. The number of alkyl halides is 8. The van der Waals surface area contributed by atoms with Gasteiger partial charge in [0.05, 0.1) is 17.3 Å². The zero-order valence-corrected chi connectivity index (χ0v) is 25.9. The number of nitrogens with one attached hydrogen (secondary N) is 3. The maximum absolute atomic E-state index is 14.0. The number of rotatable bonds is 11. The molecule has 3 aromatic rings. The number of fused-ring (bicyclic) bond motifs is 1. The van der Waals surface area contributed by atoms with Crippen molar-refractivity contribution in [2.45, 2.75) is 76.3 Å². The number of carbonyl (C=O) groups excluding carboxylic acids is 2. The molecule has 1 aromatic carbocycles. The highest BCUT2D eigenvalue weighted by Crippen LogP contribution is 2.45. The Balaban J connectivity index is 1.40. The molecular formula is C31H31F8N7O3. The minimum atomic E-state index is -4.81. The lowest BCUT2D eigenvalue weighted by Crippen LogP contribution is -2.38. The summed E-state index contributed by atoms with van der Waals surface area (Å²) >= 11 is 0. The summed E-state index contributed by atoms with van der Waals surface area (Å²) in [6.07, 6.45) is -11.2. The molecule has 0 unspecified atom stereocenters. The zero-order valence-electron chi connectivity index (χ0n) is 25.9. The number of halogens is 8. The van der Waals surface area contributed by atoms with Crippen LogP contribution in [0.5, 0.6) is 5.88 Å². The van der Waals surface area contributed by atoms with E-state index in [4.69, 9.17) is 4.74 Å². The van der Waals surface area contributed by atoms with Gasteiger partial charge >= 0.3 is 12.4 Å². The van der Waals surface area contributed by atoms with Gasteiger partial charge in [-0.3, -0.25) is 14.2 Å². The predicted octanol–water partition coefficient (Wildman–Crippen LogP) is 6.54. The van der Waals surface area contributed by atoms with E-state index in [9.17, 15) is 50.0 Å². The summed E-state index contributed by atoms with van der Waals surface area (Å²) in [6, 6.07) is 5.77. The second-order valence-electron chi connectivity index (χ2n) is 12.3. The number of hydrogen-bond donors (Lipinski definition) is 3. The Labute approximate surface area is 274 Å². The standard InChI is InChI=1S/C31H31F8N7O3/c1-46-24-22(11-19(26(45-24)49-14-23(32)33)25(47)42-18-5-2-16(3-6-18)12-30(34,35)36)44-28(46)43-21-10-17(4-7-20(21)31(37,38)39)13-41-27(48)29(15-40)8-9-29/h4,7,10-11,16,18,23H,2-3,5-6,8-9,12-14H2,1H3,(H,41,48)(H,42,47)(H,43,44). The summed E-state index contributed by atoms with van der Waals surface area (Å²) in [6.45, 7) is -1.29. The molecule has 2 aliphatic rings. The van der Waals surface area contributed by atoms with E-state index in [0.717, 1.165) is 12.1 Å². The molecule has 2 saturated carbocycles. The normalized spacial score (nSPS) is 19.0. The summed E-state index contributed by atoms with van der Waals surface area (Å²) in [4.78, 5) is 34.1. The molecule has 5 rings (SSSR count). The highest BCUT2D eigenvalue weighted by molar-refractivity contribution is 5.99. The van der Waals surface area contributed by atoms with Gasteiger partial charge in [0.25, 0.3) is 12.3 Å². The second-order valence-corrected chi connectivity index (χ2v) is 12.3. The third kappa shape index (κ3) is 8.49. The molecule has 0 bridgehead atoms. The van der Waals surface area contributed by atoms with Crippen LogP contribution in [0, 0.1) is 22.7 Å². The molecule has 3 N–H and O–H groups in total. The Morgan fingerprint density at radius 3 is 2.37 bits per heavy atom. The van der Waals surface area contributed by atoms with Crippen molar-refractivity contribution in [3.8, 4) is 11.9 Å². The van der Waals surface area contributed by atoms with Crippen molar-refractivity contribution in [1.29, 1.82) is 5.26 Å². The van der Waals surface area contributed by atoms with E-state index in [0.29, 0.717) is 12.8 Å². The molecule has 49 heavy (non-hydrogen) atoms. The first-order valence-corrected chi connectivity index (χ1v) is 15.3. The Morgan fingerprint density at radius 2 is 1.78 bits per heavy atom. The number of imidazole rings is 1. The first-order valence-electron chi connectivity index (χ1n) is 15.3. The number of benzene rings is 1. The molecule has 2 aliphatic carbocycles. The first-order chi connectivity index (χ1) is 23.0. The Kier molecular flexibility index (Phi) is 9.94. The van der Waals surface area contributed by atoms with Crippen molar-refractivity contribution in [2.24, 2.45) is 18.4 Å². The maximum Gasteiger partial charge on any atom is 0.418 e. The van der Waals surface area contributed by atoms with E-state index in [1.54, 1.807) is 0 Å². The highest BCUT2D eigenvalue weighted by atomic mass is 19.4. The molecule has 264 valence electrons. The molecule has 0 aliphatic heterocycles. The van der Waals surface area contributed by atoms with Crippen molar-refractivity contribution in [3.63, 3.8) is 0 Å². The fourth-order valence-corrected chi connectivity index (χ4v) is 5.76. The van der Waals surface area contributed by atoms with E-state index >= 15 is 0 Å². The van der Waals surface area contributed by atoms with Crippen LogP contribution in [0.15, 0.2) is 24.3 Å². The number of nitrogens with zero attached hydrogens (tertiary/aromatic N) is 4. The number of anilines is 2. The third-order valence-corrected chi connectivity index (χ3v) is 8.59. The van der Waals surface area contributed by atoms with Crippen LogP contribution >= 0.6 is 0 Å². The van der Waals surface area contributed by atoms with Gasteiger partial charge in [-0.15, -0.1) is 0 Å². The van der Waals surface area contributed by atoms with Crippen LogP contribution in [0.2, 0.25) is 0 Å². The number of carbonyl (C=O) groups is 2. The molecule has 0 atom stereocenters. The molecular weight excluding hydrogens is 670 g/mol. The molecule has 2 fully saturated rings. The van der Waals surface area contributed by atoms with Crippen LogP contribution in [-0.4, -0.2) is 51.6 Å². The molecule has 10 nitrogen and oxygen atoms in total. The molecule has 18 heteroatoms. The summed E-state index contributed by atoms with van der Waals surface area (Å²) in [5, 5.41) is 17.1. The van der Waals surface area contributed by atoms with Gasteiger partial charge in [-0.1, -0.05) is 6.07 Å². The van der Waals surface area contributed by atoms with Crippen LogP contribution in [0.25, 0.3) is 11.2 Å². The lowest BCUT2D eigenvalue weighted by Gasteiger charge is -2.29. The van der Waals surface area contributed by atoms with Gasteiger partial charge in [-0.05, 0) is 68.2 Å². The first kappa shape index (κ1) is 35.6. The molecule has 0 saturated heterocycles. The van der Waals surface area contributed by atoms with Gasteiger partial charge < -0.3 is 20.7 Å². The molecule has 0 spiro atoms. The lowest BCUT2D eigenvalue weighted by molar-refractivity contribution is -0.146. The van der Waals surface area contributed by atoms with Crippen molar-refractivity contribution in [3.05, 3.63) is 41.0 Å². The van der Waals surface area contributed by atoms with Crippen LogP contribution in [0.3, 0.4) is 0 Å². The number of amides is 2. The average Bonchev–Trinajstić information content (AvgIpc) is 3.77. The Bertz CT molecular complexity index is 1750. The fraction of sp³-hybridized carbons (Fsp3) is 0.516.